The van der Waals surface area contributed by atoms with E-state index >= 15 is 4.39 Å². The Morgan fingerprint density at radius 3 is 2.19 bits per heavy atom. The average Bonchev–Trinajstić information content (AvgIpc) is 3.26. The Morgan fingerprint density at radius 1 is 0.952 bits per heavy atom. The van der Waals surface area contributed by atoms with Crippen LogP contribution in [0.2, 0.25) is 0 Å². The number of imide groups is 1. The van der Waals surface area contributed by atoms with Gasteiger partial charge in [-0.15, -0.1) is 4.90 Å². The normalized spacial score (nSPS) is 27.1. The summed E-state index contributed by atoms with van der Waals surface area (Å²) in [5, 5.41) is 0.354. The average molecular weight is 601 g/mol. The quantitative estimate of drug-likeness (QED) is 0.351. The Balaban J connectivity index is 1.64. The van der Waals surface area contributed by atoms with Gasteiger partial charge in [0.2, 0.25) is 0 Å². The van der Waals surface area contributed by atoms with E-state index in [1.165, 1.54) is 6.08 Å². The molecule has 0 N–H and O–H groups in total. The number of rotatable bonds is 1. The summed E-state index contributed by atoms with van der Waals surface area (Å²) in [6, 6.07) is 5.00. The molecule has 0 aromatic heterocycles. The predicted molar refractivity (Wildman–Crippen MR) is 155 cm³/mol. The zero-order valence-electron chi connectivity index (χ0n) is 24.5. The highest BCUT2D eigenvalue weighted by Crippen LogP contribution is 2.56. The first-order valence-electron chi connectivity index (χ1n) is 13.6. The first-order valence-corrected chi connectivity index (χ1v) is 14.0. The van der Waals surface area contributed by atoms with Crippen LogP contribution in [-0.2, 0) is 24.5 Å². The van der Waals surface area contributed by atoms with Crippen LogP contribution in [0.15, 0.2) is 64.4 Å². The van der Waals surface area contributed by atoms with Gasteiger partial charge in [-0.25, -0.2) is 19.0 Å². The van der Waals surface area contributed by atoms with Gasteiger partial charge in [0.1, 0.15) is 41.5 Å². The van der Waals surface area contributed by atoms with Gasteiger partial charge in [0.05, 0.1) is 18.6 Å². The Hall–Kier alpha value is -3.63. The first-order chi connectivity index (χ1) is 19.6. The van der Waals surface area contributed by atoms with Crippen LogP contribution in [-0.4, -0.2) is 60.7 Å². The van der Waals surface area contributed by atoms with Crippen molar-refractivity contribution in [2.24, 2.45) is 10.4 Å². The highest BCUT2D eigenvalue weighted by molar-refractivity contribution is 6.32. The highest BCUT2D eigenvalue weighted by Gasteiger charge is 2.65. The van der Waals surface area contributed by atoms with E-state index in [2.05, 4.69) is 0 Å². The smallest absolute Gasteiger partial charge is 0.428 e. The number of hydrogen-bond acceptors (Lipinski definition) is 8. The van der Waals surface area contributed by atoms with E-state index in [4.69, 9.17) is 40.3 Å². The number of carbonyl (C=O) groups is 2. The molecule has 0 radical (unpaired) electrons. The van der Waals surface area contributed by atoms with Crippen molar-refractivity contribution < 1.29 is 37.7 Å². The third-order valence-electron chi connectivity index (χ3n) is 7.06. The summed E-state index contributed by atoms with van der Waals surface area (Å²) in [5.74, 6) is 0.0427. The van der Waals surface area contributed by atoms with E-state index in [9.17, 15) is 9.59 Å². The Bertz CT molecular complexity index is 1430. The number of aliphatic imine (C=N–C) groups is 1. The second-order valence-electron chi connectivity index (χ2n) is 12.6. The van der Waals surface area contributed by atoms with Crippen molar-refractivity contribution in [3.8, 4) is 5.75 Å². The van der Waals surface area contributed by atoms with Gasteiger partial charge >= 0.3 is 18.2 Å². The summed E-state index contributed by atoms with van der Waals surface area (Å²) in [6.07, 6.45) is 5.80. The molecule has 1 aliphatic carbocycles. The highest BCUT2D eigenvalue weighted by atomic mass is 35.5. The van der Waals surface area contributed by atoms with Crippen LogP contribution in [0.3, 0.4) is 0 Å². The molecule has 224 valence electrons. The molecule has 3 aliphatic heterocycles. The standard InChI is InChI=1S/C31H34ClFN2O7/c1-28(2,3)41-26(36)35(27(37)42-29(4,5)6)25-34-31(18-40-25)22-13-19(21-14-20(32)9-7-8-10-23(21)33)11-12-24(22)39-17-30(31)15-38-16-30/h7-14H,15-18H2,1-6H3/b8-7?,9-7+,10-8+,20-9?,20-14+,21-14?,23-10?,23-21-. The maximum atomic E-state index is 15.2. The zero-order valence-corrected chi connectivity index (χ0v) is 25.2. The predicted octanol–water partition coefficient (Wildman–Crippen LogP) is 6.78. The number of benzene rings is 1. The van der Waals surface area contributed by atoms with E-state index in [-0.39, 0.29) is 24.8 Å². The lowest BCUT2D eigenvalue weighted by atomic mass is 9.64. The molecule has 3 heterocycles. The SMILES string of the molecule is CC(C)(C)OC(=O)N(C(=O)OC(C)(C)C)C1=NC2(CO1)c1cc(C3=C(F)/C=C/C=C/C(Cl)=C\3)ccc1OCC21COC1. The van der Waals surface area contributed by atoms with Gasteiger partial charge < -0.3 is 23.7 Å². The van der Waals surface area contributed by atoms with Crippen molar-refractivity contribution in [2.75, 3.05) is 26.4 Å². The van der Waals surface area contributed by atoms with Gasteiger partial charge in [-0.2, -0.15) is 0 Å². The Morgan fingerprint density at radius 2 is 1.60 bits per heavy atom. The van der Waals surface area contributed by atoms with Gasteiger partial charge in [-0.05, 0) is 77.5 Å². The molecule has 11 heteroatoms. The van der Waals surface area contributed by atoms with Gasteiger partial charge in [0.25, 0.3) is 0 Å². The molecular formula is C31H34ClFN2O7. The van der Waals surface area contributed by atoms with Crippen molar-refractivity contribution in [3.05, 3.63) is 70.6 Å². The molecule has 0 saturated carbocycles. The Labute approximate surface area is 249 Å². The maximum Gasteiger partial charge on any atom is 0.428 e. The lowest BCUT2D eigenvalue weighted by Crippen LogP contribution is -2.63. The summed E-state index contributed by atoms with van der Waals surface area (Å²) >= 11 is 6.31. The molecule has 1 aromatic rings. The third-order valence-corrected chi connectivity index (χ3v) is 7.30. The van der Waals surface area contributed by atoms with Crippen LogP contribution < -0.4 is 4.74 Å². The fourth-order valence-corrected chi connectivity index (χ4v) is 5.24. The zero-order chi connectivity index (χ0) is 30.5. The largest absolute Gasteiger partial charge is 0.492 e. The number of amides is 2. The van der Waals surface area contributed by atoms with E-state index in [0.29, 0.717) is 40.0 Å². The molecule has 0 bridgehead atoms. The summed E-state index contributed by atoms with van der Waals surface area (Å²) in [7, 11) is 0. The summed E-state index contributed by atoms with van der Waals surface area (Å²) < 4.78 is 44.1. The summed E-state index contributed by atoms with van der Waals surface area (Å²) in [6.45, 7) is 10.9. The number of carbonyl (C=O) groups excluding carboxylic acids is 2. The van der Waals surface area contributed by atoms with Crippen molar-refractivity contribution >= 4 is 35.4 Å². The van der Waals surface area contributed by atoms with E-state index in [1.54, 1.807) is 84.0 Å². The molecule has 42 heavy (non-hydrogen) atoms. The topological polar surface area (TPSA) is 95.9 Å². The van der Waals surface area contributed by atoms with Crippen LogP contribution in [0.5, 0.6) is 5.75 Å². The molecule has 1 saturated heterocycles. The van der Waals surface area contributed by atoms with Crippen LogP contribution in [0.1, 0.15) is 52.7 Å². The van der Waals surface area contributed by atoms with E-state index in [1.807, 2.05) is 0 Å². The minimum absolute atomic E-state index is 0.0334. The van der Waals surface area contributed by atoms with Crippen LogP contribution in [0.4, 0.5) is 14.0 Å². The minimum atomic E-state index is -1.13. The van der Waals surface area contributed by atoms with Gasteiger partial charge in [0.15, 0.2) is 0 Å². The van der Waals surface area contributed by atoms with Crippen LogP contribution in [0, 0.1) is 5.41 Å². The van der Waals surface area contributed by atoms with Gasteiger partial charge in [-0.3, -0.25) is 0 Å². The van der Waals surface area contributed by atoms with E-state index < -0.39 is 40.2 Å². The molecule has 1 aromatic carbocycles. The molecule has 9 nitrogen and oxygen atoms in total. The monoisotopic (exact) mass is 600 g/mol. The molecule has 1 unspecified atom stereocenters. The van der Waals surface area contributed by atoms with Crippen molar-refractivity contribution in [3.63, 3.8) is 0 Å². The number of amidine groups is 1. The van der Waals surface area contributed by atoms with Crippen molar-refractivity contribution in [1.29, 1.82) is 0 Å². The number of fused-ring (bicyclic) bond motifs is 3. The van der Waals surface area contributed by atoms with Crippen LogP contribution in [0.25, 0.3) is 5.57 Å². The number of ether oxygens (including phenoxy) is 5. The molecule has 1 atom stereocenters. The van der Waals surface area contributed by atoms with E-state index in [0.717, 1.165) is 0 Å². The Kier molecular flexibility index (Phi) is 7.52. The van der Waals surface area contributed by atoms with Gasteiger partial charge in [-0.1, -0.05) is 29.8 Å². The number of nitrogens with zero attached hydrogens (tertiary/aromatic N) is 2. The molecule has 4 aliphatic rings. The summed E-state index contributed by atoms with van der Waals surface area (Å²) in [4.78, 5) is 32.3. The van der Waals surface area contributed by atoms with Gasteiger partial charge in [0, 0.05) is 16.2 Å². The number of allylic oxidation sites excluding steroid dienone is 8. The summed E-state index contributed by atoms with van der Waals surface area (Å²) in [5.41, 5.74) is -2.22. The third kappa shape index (κ3) is 5.57. The second kappa shape index (κ2) is 10.6. The molecule has 2 spiro atoms. The van der Waals surface area contributed by atoms with Crippen molar-refractivity contribution in [1.82, 2.24) is 4.90 Å². The van der Waals surface area contributed by atoms with Crippen molar-refractivity contribution in [2.45, 2.75) is 58.3 Å². The molecule has 2 amide bonds. The fourth-order valence-electron chi connectivity index (χ4n) is 5.06. The lowest BCUT2D eigenvalue weighted by molar-refractivity contribution is -0.185. The van der Waals surface area contributed by atoms with Crippen LogP contribution >= 0.6 is 11.6 Å². The lowest BCUT2D eigenvalue weighted by Gasteiger charge is -2.53. The number of halogens is 2. The first kappa shape index (κ1) is 29.8. The molecular weight excluding hydrogens is 567 g/mol. The molecule has 5 rings (SSSR count). The number of hydrogen-bond donors (Lipinski definition) is 0. The molecule has 1 fully saturated rings. The minimum Gasteiger partial charge on any atom is -0.492 e. The maximum absolute atomic E-state index is 15.2. The fraction of sp³-hybridized carbons (Fsp3) is 0.452. The second-order valence-corrected chi connectivity index (χ2v) is 13.1.